The van der Waals surface area contributed by atoms with Crippen molar-refractivity contribution in [1.29, 1.82) is 0 Å². The van der Waals surface area contributed by atoms with Crippen LogP contribution in [0.4, 0.5) is 10.2 Å². The Balaban J connectivity index is 2.73. The Morgan fingerprint density at radius 1 is 1.53 bits per heavy atom. The van der Waals surface area contributed by atoms with Crippen molar-refractivity contribution < 1.29 is 19.4 Å². The van der Waals surface area contributed by atoms with Crippen LogP contribution >= 0.6 is 0 Å². The van der Waals surface area contributed by atoms with Crippen LogP contribution in [0.3, 0.4) is 0 Å². The number of pyridine rings is 1. The van der Waals surface area contributed by atoms with Crippen LogP contribution in [0.2, 0.25) is 0 Å². The molecular formula is C13H19FN2O3. The summed E-state index contributed by atoms with van der Waals surface area (Å²) in [4.78, 5) is 14.6. The highest BCUT2D eigenvalue weighted by atomic mass is 19.1. The zero-order valence-corrected chi connectivity index (χ0v) is 11.1. The van der Waals surface area contributed by atoms with Crippen molar-refractivity contribution in [2.24, 2.45) is 5.41 Å². The average Bonchev–Trinajstić information content (AvgIpc) is 2.35. The number of anilines is 1. The van der Waals surface area contributed by atoms with Gasteiger partial charge in [-0.1, -0.05) is 13.8 Å². The molecule has 0 aliphatic carbocycles. The number of nitrogens with one attached hydrogen (secondary N) is 1. The number of nitrogens with zero attached hydrogens (tertiary/aromatic N) is 1. The van der Waals surface area contributed by atoms with Gasteiger partial charge in [0.05, 0.1) is 0 Å². The van der Waals surface area contributed by atoms with Gasteiger partial charge in [0.1, 0.15) is 5.56 Å². The minimum Gasteiger partial charge on any atom is -0.478 e. The monoisotopic (exact) mass is 270 g/mol. The van der Waals surface area contributed by atoms with Gasteiger partial charge in [-0.05, 0) is 24.3 Å². The van der Waals surface area contributed by atoms with Crippen LogP contribution in [0.1, 0.15) is 37.0 Å². The van der Waals surface area contributed by atoms with E-state index in [1.54, 1.807) is 0 Å². The summed E-state index contributed by atoms with van der Waals surface area (Å²) in [5, 5.41) is 20.4. The molecule has 1 heterocycles. The van der Waals surface area contributed by atoms with Gasteiger partial charge >= 0.3 is 5.97 Å². The molecule has 1 rings (SSSR count). The van der Waals surface area contributed by atoms with Gasteiger partial charge in [0, 0.05) is 19.3 Å². The van der Waals surface area contributed by atoms with E-state index in [2.05, 4.69) is 10.3 Å². The maximum atomic E-state index is 13.8. The lowest BCUT2D eigenvalue weighted by Crippen LogP contribution is -2.24. The lowest BCUT2D eigenvalue weighted by atomic mass is 9.88. The zero-order chi connectivity index (χ0) is 14.5. The Morgan fingerprint density at radius 3 is 2.79 bits per heavy atom. The molecule has 1 aromatic heterocycles. The predicted octanol–water partition coefficient (Wildman–Crippen LogP) is 2.13. The van der Waals surface area contributed by atoms with Gasteiger partial charge in [0.2, 0.25) is 0 Å². The Bertz CT molecular complexity index is 450. The summed E-state index contributed by atoms with van der Waals surface area (Å²) in [6.45, 7) is 4.52. The van der Waals surface area contributed by atoms with Gasteiger partial charge < -0.3 is 15.5 Å². The normalized spacial score (nSPS) is 11.4. The molecule has 0 aromatic carbocycles. The number of rotatable bonds is 7. The van der Waals surface area contributed by atoms with E-state index in [1.165, 1.54) is 6.20 Å². The molecule has 1 aromatic rings. The van der Waals surface area contributed by atoms with Crippen molar-refractivity contribution in [1.82, 2.24) is 4.98 Å². The topological polar surface area (TPSA) is 82.5 Å². The molecule has 0 atom stereocenters. The van der Waals surface area contributed by atoms with E-state index in [-0.39, 0.29) is 17.8 Å². The SMILES string of the molecule is CC(C)(CCCO)CNc1nccc(C(=O)O)c1F. The van der Waals surface area contributed by atoms with Gasteiger partial charge in [-0.2, -0.15) is 0 Å². The first-order valence-corrected chi connectivity index (χ1v) is 6.10. The number of aromatic nitrogens is 1. The second-order valence-corrected chi connectivity index (χ2v) is 5.17. The van der Waals surface area contributed by atoms with E-state index in [0.29, 0.717) is 13.0 Å². The molecule has 0 fully saturated rings. The second-order valence-electron chi connectivity index (χ2n) is 5.17. The van der Waals surface area contributed by atoms with Gasteiger partial charge in [0.15, 0.2) is 11.6 Å². The van der Waals surface area contributed by atoms with Crippen molar-refractivity contribution in [3.8, 4) is 0 Å². The van der Waals surface area contributed by atoms with Gasteiger partial charge in [-0.3, -0.25) is 0 Å². The largest absolute Gasteiger partial charge is 0.478 e. The van der Waals surface area contributed by atoms with Gasteiger partial charge in [-0.25, -0.2) is 14.2 Å². The highest BCUT2D eigenvalue weighted by Crippen LogP contribution is 2.23. The van der Waals surface area contributed by atoms with Crippen molar-refractivity contribution in [2.45, 2.75) is 26.7 Å². The molecule has 6 heteroatoms. The molecule has 0 radical (unpaired) electrons. The molecule has 0 saturated heterocycles. The van der Waals surface area contributed by atoms with E-state index < -0.39 is 17.3 Å². The lowest BCUT2D eigenvalue weighted by molar-refractivity contribution is 0.0692. The molecule has 0 spiro atoms. The molecule has 19 heavy (non-hydrogen) atoms. The van der Waals surface area contributed by atoms with Crippen LogP contribution in [0.15, 0.2) is 12.3 Å². The lowest BCUT2D eigenvalue weighted by Gasteiger charge is -2.25. The first kappa shape index (κ1) is 15.4. The minimum atomic E-state index is -1.32. The summed E-state index contributed by atoms with van der Waals surface area (Å²) in [5.74, 6) is -2.23. The Kier molecular flexibility index (Phi) is 5.23. The summed E-state index contributed by atoms with van der Waals surface area (Å²) in [7, 11) is 0. The highest BCUT2D eigenvalue weighted by Gasteiger charge is 2.20. The number of aliphatic hydroxyl groups is 1. The molecule has 5 nitrogen and oxygen atoms in total. The number of carbonyl (C=O) groups is 1. The van der Waals surface area contributed by atoms with Crippen molar-refractivity contribution in [3.05, 3.63) is 23.6 Å². The van der Waals surface area contributed by atoms with Crippen LogP contribution in [-0.2, 0) is 0 Å². The van der Waals surface area contributed by atoms with E-state index in [9.17, 15) is 9.18 Å². The van der Waals surface area contributed by atoms with Crippen LogP contribution in [-0.4, -0.2) is 34.3 Å². The number of aromatic carboxylic acids is 1. The second kappa shape index (κ2) is 6.47. The molecule has 0 amide bonds. The molecule has 0 unspecified atom stereocenters. The first-order valence-electron chi connectivity index (χ1n) is 6.10. The number of hydrogen-bond acceptors (Lipinski definition) is 4. The third-order valence-electron chi connectivity index (χ3n) is 2.87. The molecular weight excluding hydrogens is 251 g/mol. The summed E-state index contributed by atoms with van der Waals surface area (Å²) >= 11 is 0. The molecule has 0 saturated carbocycles. The Morgan fingerprint density at radius 2 is 2.21 bits per heavy atom. The quantitative estimate of drug-likeness (QED) is 0.707. The van der Waals surface area contributed by atoms with Crippen LogP contribution < -0.4 is 5.32 Å². The molecule has 0 aliphatic heterocycles. The van der Waals surface area contributed by atoms with Crippen molar-refractivity contribution in [2.75, 3.05) is 18.5 Å². The van der Waals surface area contributed by atoms with Crippen LogP contribution in [0, 0.1) is 11.2 Å². The number of halogens is 1. The van der Waals surface area contributed by atoms with Crippen molar-refractivity contribution >= 4 is 11.8 Å². The molecule has 3 N–H and O–H groups in total. The van der Waals surface area contributed by atoms with E-state index in [0.717, 1.165) is 12.5 Å². The summed E-state index contributed by atoms with van der Waals surface area (Å²) in [6, 6.07) is 1.12. The Labute approximate surface area is 111 Å². The number of carboxylic acid groups (broad SMARTS) is 1. The van der Waals surface area contributed by atoms with Crippen LogP contribution in [0.5, 0.6) is 0 Å². The number of hydrogen-bond donors (Lipinski definition) is 3. The molecule has 0 bridgehead atoms. The van der Waals surface area contributed by atoms with Gasteiger partial charge in [-0.15, -0.1) is 0 Å². The maximum Gasteiger partial charge on any atom is 0.338 e. The average molecular weight is 270 g/mol. The summed E-state index contributed by atoms with van der Waals surface area (Å²) < 4.78 is 13.8. The third-order valence-corrected chi connectivity index (χ3v) is 2.87. The van der Waals surface area contributed by atoms with Gasteiger partial charge in [0.25, 0.3) is 0 Å². The summed E-state index contributed by atoms with van der Waals surface area (Å²) in [6.07, 6.45) is 2.70. The van der Waals surface area contributed by atoms with Crippen LogP contribution in [0.25, 0.3) is 0 Å². The third kappa shape index (κ3) is 4.48. The van der Waals surface area contributed by atoms with E-state index in [1.807, 2.05) is 13.8 Å². The number of carboxylic acids is 1. The smallest absolute Gasteiger partial charge is 0.338 e. The fourth-order valence-electron chi connectivity index (χ4n) is 1.70. The van der Waals surface area contributed by atoms with E-state index in [4.69, 9.17) is 10.2 Å². The minimum absolute atomic E-state index is 0.0584. The summed E-state index contributed by atoms with van der Waals surface area (Å²) in [5.41, 5.74) is -0.540. The highest BCUT2D eigenvalue weighted by molar-refractivity contribution is 5.88. The zero-order valence-electron chi connectivity index (χ0n) is 11.1. The fourth-order valence-corrected chi connectivity index (χ4v) is 1.70. The van der Waals surface area contributed by atoms with Crippen molar-refractivity contribution in [3.63, 3.8) is 0 Å². The number of aliphatic hydroxyl groups excluding tert-OH is 1. The first-order chi connectivity index (χ1) is 8.87. The standard InChI is InChI=1S/C13H19FN2O3/c1-13(2,5-3-7-17)8-16-11-10(14)9(12(18)19)4-6-15-11/h4,6,17H,3,5,7-8H2,1-2H3,(H,15,16)(H,18,19). The maximum absolute atomic E-state index is 13.8. The molecule has 106 valence electrons. The van der Waals surface area contributed by atoms with E-state index >= 15 is 0 Å². The molecule has 0 aliphatic rings. The fraction of sp³-hybridized carbons (Fsp3) is 0.538. The Hall–Kier alpha value is -1.69. The predicted molar refractivity (Wildman–Crippen MR) is 69.7 cm³/mol.